The van der Waals surface area contributed by atoms with E-state index < -0.39 is 6.30 Å². The Morgan fingerprint density at radius 1 is 1.27 bits per heavy atom. The standard InChI is InChI=1S/C15H15F3N4/c1-8-7-22-13-6-11(21-15(16,17)18)4-5-12(13)19-10(3)14(22)20-9(8)2/h4-7,9,20H,1-3H3. The van der Waals surface area contributed by atoms with E-state index in [1.165, 1.54) is 12.1 Å². The van der Waals surface area contributed by atoms with Crippen molar-refractivity contribution >= 4 is 12.0 Å². The third-order valence-corrected chi connectivity index (χ3v) is 3.72. The average Bonchev–Trinajstić information content (AvgIpc) is 2.40. The van der Waals surface area contributed by atoms with E-state index in [9.17, 15) is 13.2 Å². The molecule has 3 aliphatic rings. The molecule has 0 bridgehead atoms. The van der Waals surface area contributed by atoms with E-state index in [-0.39, 0.29) is 11.4 Å². The number of alkyl halides is 3. The summed E-state index contributed by atoms with van der Waals surface area (Å²) in [4.78, 5) is 7.22. The summed E-state index contributed by atoms with van der Waals surface area (Å²) in [6.45, 7) is 5.86. The van der Waals surface area contributed by atoms with Crippen molar-refractivity contribution in [2.24, 2.45) is 4.99 Å². The molecule has 1 atom stereocenters. The van der Waals surface area contributed by atoms with E-state index >= 15 is 0 Å². The van der Waals surface area contributed by atoms with Crippen molar-refractivity contribution in [1.29, 1.82) is 0 Å². The molecule has 1 aliphatic carbocycles. The van der Waals surface area contributed by atoms with Crippen LogP contribution >= 0.6 is 0 Å². The van der Waals surface area contributed by atoms with E-state index in [0.29, 0.717) is 11.4 Å². The van der Waals surface area contributed by atoms with Gasteiger partial charge in [0, 0.05) is 12.2 Å². The Labute approximate surface area is 125 Å². The maximum absolute atomic E-state index is 12.4. The monoisotopic (exact) mass is 308 g/mol. The largest absolute Gasteiger partial charge is 0.503 e. The van der Waals surface area contributed by atoms with E-state index in [0.717, 1.165) is 17.1 Å². The first-order valence-corrected chi connectivity index (χ1v) is 6.85. The van der Waals surface area contributed by atoms with Gasteiger partial charge >= 0.3 is 6.30 Å². The number of aromatic nitrogens is 2. The fourth-order valence-electron chi connectivity index (χ4n) is 2.49. The number of nitrogens with one attached hydrogen (secondary N) is 1. The zero-order valence-corrected chi connectivity index (χ0v) is 12.4. The van der Waals surface area contributed by atoms with Crippen LogP contribution in [0.5, 0.6) is 0 Å². The highest BCUT2D eigenvalue weighted by Gasteiger charge is 2.26. The summed E-state index contributed by atoms with van der Waals surface area (Å²) < 4.78 is 39.2. The lowest BCUT2D eigenvalue weighted by Crippen LogP contribution is -2.26. The summed E-state index contributed by atoms with van der Waals surface area (Å²) in [5.74, 6) is 0.787. The van der Waals surface area contributed by atoms with Crippen LogP contribution in [0.3, 0.4) is 0 Å². The zero-order valence-electron chi connectivity index (χ0n) is 12.4. The molecule has 1 unspecified atom stereocenters. The molecule has 4 nitrogen and oxygen atoms in total. The molecule has 0 fully saturated rings. The van der Waals surface area contributed by atoms with Crippen LogP contribution in [0.25, 0.3) is 17.6 Å². The number of hydrogen-bond donors (Lipinski definition) is 1. The smallest absolute Gasteiger partial charge is 0.363 e. The molecule has 22 heavy (non-hydrogen) atoms. The third kappa shape index (κ3) is 2.58. The lowest BCUT2D eigenvalue weighted by molar-refractivity contribution is -0.122. The summed E-state index contributed by atoms with van der Waals surface area (Å²) in [7, 11) is 0. The fraction of sp³-hybridized carbons (Fsp3) is 0.333. The predicted octanol–water partition coefficient (Wildman–Crippen LogP) is 3.39. The van der Waals surface area contributed by atoms with Crippen LogP contribution in [0.1, 0.15) is 19.5 Å². The Morgan fingerprint density at radius 3 is 2.68 bits per heavy atom. The van der Waals surface area contributed by atoms with Gasteiger partial charge in [-0.05, 0) is 44.5 Å². The summed E-state index contributed by atoms with van der Waals surface area (Å²) in [6, 6.07) is 4.44. The number of hydrogen-bond acceptors (Lipinski definition) is 3. The van der Waals surface area contributed by atoms with Crippen LogP contribution in [0.2, 0.25) is 0 Å². The highest BCUT2D eigenvalue weighted by atomic mass is 19.4. The molecule has 116 valence electrons. The summed E-state index contributed by atoms with van der Waals surface area (Å²) >= 11 is 0. The first-order valence-electron chi connectivity index (χ1n) is 6.85. The quantitative estimate of drug-likeness (QED) is 0.758. The van der Waals surface area contributed by atoms with Crippen molar-refractivity contribution in [2.45, 2.75) is 33.1 Å². The van der Waals surface area contributed by atoms with Crippen molar-refractivity contribution in [1.82, 2.24) is 9.55 Å². The van der Waals surface area contributed by atoms with Gasteiger partial charge in [-0.1, -0.05) is 0 Å². The molecule has 0 saturated carbocycles. The van der Waals surface area contributed by atoms with Crippen LogP contribution in [0, 0.1) is 6.92 Å². The molecule has 0 radical (unpaired) electrons. The number of aryl methyl sites for hydroxylation is 1. The molecule has 0 saturated heterocycles. The Hall–Kier alpha value is -2.31. The molecule has 0 aromatic heterocycles. The summed E-state index contributed by atoms with van der Waals surface area (Å²) in [5.41, 5.74) is 3.10. The highest BCUT2D eigenvalue weighted by molar-refractivity contribution is 5.69. The predicted molar refractivity (Wildman–Crippen MR) is 78.2 cm³/mol. The second-order valence-corrected chi connectivity index (χ2v) is 5.41. The molecule has 1 N–H and O–H groups in total. The topological polar surface area (TPSA) is 42.2 Å². The van der Waals surface area contributed by atoms with Gasteiger partial charge in [0.15, 0.2) is 0 Å². The van der Waals surface area contributed by atoms with Crippen molar-refractivity contribution in [3.63, 3.8) is 0 Å². The Bertz CT molecular complexity index is 802. The van der Waals surface area contributed by atoms with E-state index in [1.807, 2.05) is 31.5 Å². The molecule has 2 aliphatic heterocycles. The molecule has 0 aromatic rings. The minimum absolute atomic E-state index is 0.134. The van der Waals surface area contributed by atoms with Crippen molar-refractivity contribution in [3.8, 4) is 11.4 Å². The maximum Gasteiger partial charge on any atom is 0.503 e. The highest BCUT2D eigenvalue weighted by Crippen LogP contribution is 2.30. The minimum Gasteiger partial charge on any atom is -0.363 e. The number of halogens is 3. The number of fused-ring (bicyclic) bond motifs is 3. The Morgan fingerprint density at radius 2 is 2.00 bits per heavy atom. The molecule has 0 aromatic carbocycles. The minimum atomic E-state index is -4.59. The van der Waals surface area contributed by atoms with Crippen LogP contribution in [0.4, 0.5) is 19.0 Å². The van der Waals surface area contributed by atoms with Crippen molar-refractivity contribution in [3.05, 3.63) is 34.8 Å². The Kier molecular flexibility index (Phi) is 3.23. The molecule has 7 heteroatoms. The fourth-order valence-corrected chi connectivity index (χ4v) is 2.49. The normalized spacial score (nSPS) is 18.9. The van der Waals surface area contributed by atoms with Crippen molar-refractivity contribution < 1.29 is 13.2 Å². The molecule has 2 heterocycles. The van der Waals surface area contributed by atoms with Gasteiger partial charge in [-0.25, -0.2) is 4.98 Å². The third-order valence-electron chi connectivity index (χ3n) is 3.72. The van der Waals surface area contributed by atoms with Crippen LogP contribution < -0.4 is 10.7 Å². The van der Waals surface area contributed by atoms with E-state index in [4.69, 9.17) is 0 Å². The van der Waals surface area contributed by atoms with Gasteiger partial charge in [-0.15, -0.1) is 13.2 Å². The SMILES string of the molecule is CC1=Cn2c3cc(=NC(F)(F)F)ccc-3nc(C)c2NC1C. The molecule has 0 spiro atoms. The van der Waals surface area contributed by atoms with E-state index in [1.54, 1.807) is 6.07 Å². The summed E-state index contributed by atoms with van der Waals surface area (Å²) in [5, 5.41) is 3.18. The van der Waals surface area contributed by atoms with Crippen LogP contribution in [-0.2, 0) is 0 Å². The summed E-state index contributed by atoms with van der Waals surface area (Å²) in [6.07, 6.45) is -2.67. The second-order valence-electron chi connectivity index (χ2n) is 5.41. The molecule has 0 amide bonds. The van der Waals surface area contributed by atoms with Gasteiger partial charge in [0.2, 0.25) is 0 Å². The van der Waals surface area contributed by atoms with Gasteiger partial charge < -0.3 is 5.32 Å². The Balaban J connectivity index is 2.30. The molecular formula is C15H15F3N4. The second kappa shape index (κ2) is 4.86. The average molecular weight is 308 g/mol. The van der Waals surface area contributed by atoms with E-state index in [2.05, 4.69) is 15.3 Å². The molecular weight excluding hydrogens is 293 g/mol. The van der Waals surface area contributed by atoms with Crippen LogP contribution in [-0.4, -0.2) is 21.9 Å². The first-order chi connectivity index (χ1) is 10.2. The van der Waals surface area contributed by atoms with Crippen molar-refractivity contribution in [2.75, 3.05) is 5.32 Å². The van der Waals surface area contributed by atoms with Gasteiger partial charge in [0.1, 0.15) is 5.82 Å². The van der Waals surface area contributed by atoms with Gasteiger partial charge in [0.05, 0.1) is 22.4 Å². The van der Waals surface area contributed by atoms with Gasteiger partial charge in [0.25, 0.3) is 0 Å². The maximum atomic E-state index is 12.4. The molecule has 3 rings (SSSR count). The number of anilines is 1. The van der Waals surface area contributed by atoms with Gasteiger partial charge in [-0.2, -0.15) is 4.99 Å². The number of rotatable bonds is 0. The van der Waals surface area contributed by atoms with Gasteiger partial charge in [-0.3, -0.25) is 4.57 Å². The van der Waals surface area contributed by atoms with Crippen LogP contribution in [0.15, 0.2) is 28.8 Å². The lowest BCUT2D eigenvalue weighted by Gasteiger charge is -2.28. The number of nitrogens with zero attached hydrogens (tertiary/aromatic N) is 3. The first kappa shape index (κ1) is 14.6. The lowest BCUT2D eigenvalue weighted by atomic mass is 10.1. The number of benzene rings is 1. The zero-order chi connectivity index (χ0) is 16.1.